The van der Waals surface area contributed by atoms with E-state index in [1.165, 1.54) is 11.3 Å². The molecule has 1 aromatic heterocycles. The van der Waals surface area contributed by atoms with Crippen LogP contribution in [0.4, 0.5) is 5.82 Å². The molecule has 142 valence electrons. The van der Waals surface area contributed by atoms with Crippen LogP contribution in [0.3, 0.4) is 0 Å². The van der Waals surface area contributed by atoms with Gasteiger partial charge in [0.05, 0.1) is 5.92 Å². The van der Waals surface area contributed by atoms with E-state index in [1.807, 2.05) is 32.0 Å². The molecular formula is C22H28N4O. The van der Waals surface area contributed by atoms with Gasteiger partial charge in [0.1, 0.15) is 5.82 Å². The number of amides is 1. The molecule has 1 aliphatic heterocycles. The van der Waals surface area contributed by atoms with Crippen molar-refractivity contribution in [2.45, 2.75) is 52.0 Å². The summed E-state index contributed by atoms with van der Waals surface area (Å²) in [5.41, 5.74) is 3.53. The summed E-state index contributed by atoms with van der Waals surface area (Å²) in [6.45, 7) is 5.74. The predicted molar refractivity (Wildman–Crippen MR) is 108 cm³/mol. The van der Waals surface area contributed by atoms with Gasteiger partial charge in [0, 0.05) is 36.0 Å². The van der Waals surface area contributed by atoms with Crippen LogP contribution in [-0.4, -0.2) is 35.0 Å². The van der Waals surface area contributed by atoms with Gasteiger partial charge in [-0.15, -0.1) is 0 Å². The third-order valence-electron chi connectivity index (χ3n) is 5.47. The molecule has 0 saturated carbocycles. The summed E-state index contributed by atoms with van der Waals surface area (Å²) in [5, 5.41) is 3.08. The third-order valence-corrected chi connectivity index (χ3v) is 5.47. The topological polar surface area (TPSA) is 58.1 Å². The lowest BCUT2D eigenvalue weighted by molar-refractivity contribution is -0.125. The maximum Gasteiger partial charge on any atom is 0.225 e. The number of rotatable bonds is 4. The van der Waals surface area contributed by atoms with Crippen LogP contribution in [0, 0.1) is 5.92 Å². The number of nitrogens with zero attached hydrogens (tertiary/aromatic N) is 3. The first-order chi connectivity index (χ1) is 13.1. The number of piperidine rings is 1. The molecule has 0 bridgehead atoms. The van der Waals surface area contributed by atoms with Crippen molar-refractivity contribution < 1.29 is 4.79 Å². The Kier molecular flexibility index (Phi) is 5.10. The molecule has 1 aromatic carbocycles. The fourth-order valence-corrected chi connectivity index (χ4v) is 4.18. The number of hydrogen-bond donors (Lipinski definition) is 1. The molecule has 27 heavy (non-hydrogen) atoms. The second-order valence-corrected chi connectivity index (χ2v) is 7.96. The molecule has 0 unspecified atom stereocenters. The van der Waals surface area contributed by atoms with Crippen molar-refractivity contribution in [3.63, 3.8) is 0 Å². The van der Waals surface area contributed by atoms with E-state index in [0.717, 1.165) is 62.4 Å². The van der Waals surface area contributed by atoms with Crippen molar-refractivity contribution in [1.82, 2.24) is 15.3 Å². The second kappa shape index (κ2) is 7.67. The molecule has 2 heterocycles. The molecule has 1 N–H and O–H groups in total. The smallest absolute Gasteiger partial charge is 0.225 e. The molecule has 1 atom stereocenters. The van der Waals surface area contributed by atoms with Crippen LogP contribution in [0.15, 0.2) is 30.3 Å². The first-order valence-corrected chi connectivity index (χ1v) is 10.1. The minimum Gasteiger partial charge on any atom is -0.355 e. The summed E-state index contributed by atoms with van der Waals surface area (Å²) in [6.07, 6.45) is 5.18. The zero-order valence-electron chi connectivity index (χ0n) is 16.2. The zero-order chi connectivity index (χ0) is 18.8. The Hall–Kier alpha value is -2.43. The molecule has 2 aromatic rings. The molecule has 4 rings (SSSR count). The van der Waals surface area contributed by atoms with E-state index < -0.39 is 0 Å². The van der Waals surface area contributed by atoms with Gasteiger partial charge in [0.25, 0.3) is 0 Å². The Balaban J connectivity index is 1.64. The monoisotopic (exact) mass is 364 g/mol. The highest BCUT2D eigenvalue weighted by Crippen LogP contribution is 2.33. The second-order valence-electron chi connectivity index (χ2n) is 7.96. The maximum absolute atomic E-state index is 12.5. The molecule has 0 radical (unpaired) electrons. The first-order valence-electron chi connectivity index (χ1n) is 10.1. The average Bonchev–Trinajstić information content (AvgIpc) is 3.16. The molecule has 1 saturated heterocycles. The van der Waals surface area contributed by atoms with Crippen LogP contribution >= 0.6 is 0 Å². The minimum atomic E-state index is 0.0355. The van der Waals surface area contributed by atoms with Gasteiger partial charge in [0.15, 0.2) is 5.82 Å². The fourth-order valence-electron chi connectivity index (χ4n) is 4.18. The summed E-state index contributed by atoms with van der Waals surface area (Å²) >= 11 is 0. The van der Waals surface area contributed by atoms with E-state index in [9.17, 15) is 4.79 Å². The summed E-state index contributed by atoms with van der Waals surface area (Å²) in [6, 6.07) is 10.4. The summed E-state index contributed by atoms with van der Waals surface area (Å²) in [5.74, 6) is 2.07. The van der Waals surface area contributed by atoms with Crippen molar-refractivity contribution in [2.75, 3.05) is 18.0 Å². The number of carbonyl (C=O) groups excluding carboxylic acids is 1. The van der Waals surface area contributed by atoms with Gasteiger partial charge in [-0.2, -0.15) is 0 Å². The van der Waals surface area contributed by atoms with Crippen molar-refractivity contribution in [3.05, 3.63) is 41.6 Å². The number of aryl methyl sites for hydroxylation is 1. The van der Waals surface area contributed by atoms with Crippen molar-refractivity contribution in [1.29, 1.82) is 0 Å². The first kappa shape index (κ1) is 18.0. The van der Waals surface area contributed by atoms with Gasteiger partial charge >= 0.3 is 0 Å². The lowest BCUT2D eigenvalue weighted by Gasteiger charge is -2.34. The van der Waals surface area contributed by atoms with Gasteiger partial charge < -0.3 is 10.2 Å². The third kappa shape index (κ3) is 3.82. The number of benzene rings is 1. The summed E-state index contributed by atoms with van der Waals surface area (Å²) in [4.78, 5) is 24.7. The van der Waals surface area contributed by atoms with Gasteiger partial charge in [-0.25, -0.2) is 9.97 Å². The van der Waals surface area contributed by atoms with Crippen LogP contribution in [0.1, 0.15) is 44.4 Å². The van der Waals surface area contributed by atoms with Crippen molar-refractivity contribution in [3.8, 4) is 11.4 Å². The average molecular weight is 364 g/mol. The standard InChI is InChI=1S/C22H28N4O/c1-15(2)23-22(27)17-10-7-13-26(14-17)21-18-11-6-12-19(18)24-20(25-21)16-8-4-3-5-9-16/h3-5,8-9,15,17H,6-7,10-14H2,1-2H3,(H,23,27)/t17-/m0/s1. The van der Waals surface area contributed by atoms with Gasteiger partial charge in [-0.05, 0) is 46.0 Å². The molecule has 1 amide bonds. The fraction of sp³-hybridized carbons (Fsp3) is 0.500. The quantitative estimate of drug-likeness (QED) is 0.904. The highest BCUT2D eigenvalue weighted by molar-refractivity contribution is 5.80. The van der Waals surface area contributed by atoms with Gasteiger partial charge in [0.2, 0.25) is 5.91 Å². The molecule has 2 aliphatic rings. The number of nitrogens with one attached hydrogen (secondary N) is 1. The van der Waals surface area contributed by atoms with E-state index >= 15 is 0 Å². The number of carbonyl (C=O) groups is 1. The van der Waals surface area contributed by atoms with Crippen LogP contribution < -0.4 is 10.2 Å². The highest BCUT2D eigenvalue weighted by atomic mass is 16.2. The van der Waals surface area contributed by atoms with Crippen molar-refractivity contribution >= 4 is 11.7 Å². The van der Waals surface area contributed by atoms with E-state index in [0.29, 0.717) is 0 Å². The largest absolute Gasteiger partial charge is 0.355 e. The van der Waals surface area contributed by atoms with E-state index in [1.54, 1.807) is 0 Å². The zero-order valence-corrected chi connectivity index (χ0v) is 16.2. The molecule has 1 aliphatic carbocycles. The number of hydrogen-bond acceptors (Lipinski definition) is 4. The molecule has 0 spiro atoms. The molecule has 1 fully saturated rings. The maximum atomic E-state index is 12.5. The number of fused-ring (bicyclic) bond motifs is 1. The van der Waals surface area contributed by atoms with Crippen LogP contribution in [0.2, 0.25) is 0 Å². The lowest BCUT2D eigenvalue weighted by atomic mass is 9.96. The Bertz CT molecular complexity index is 819. The Morgan fingerprint density at radius 1 is 1.15 bits per heavy atom. The molecule has 5 nitrogen and oxygen atoms in total. The SMILES string of the molecule is CC(C)NC(=O)[C@H]1CCCN(c2nc(-c3ccccc3)nc3c2CCC3)C1. The van der Waals surface area contributed by atoms with Crippen molar-refractivity contribution in [2.24, 2.45) is 5.92 Å². The van der Waals surface area contributed by atoms with E-state index in [4.69, 9.17) is 9.97 Å². The van der Waals surface area contributed by atoms with Crippen LogP contribution in [0.25, 0.3) is 11.4 Å². The van der Waals surface area contributed by atoms with E-state index in [-0.39, 0.29) is 17.9 Å². The Morgan fingerprint density at radius 2 is 1.96 bits per heavy atom. The lowest BCUT2D eigenvalue weighted by Crippen LogP contribution is -2.45. The van der Waals surface area contributed by atoms with E-state index in [2.05, 4.69) is 22.3 Å². The Morgan fingerprint density at radius 3 is 2.74 bits per heavy atom. The molecular weight excluding hydrogens is 336 g/mol. The molecule has 5 heteroatoms. The van der Waals surface area contributed by atoms with Crippen LogP contribution in [-0.2, 0) is 17.6 Å². The summed E-state index contributed by atoms with van der Waals surface area (Å²) in [7, 11) is 0. The Labute approximate surface area is 161 Å². The van der Waals surface area contributed by atoms with Gasteiger partial charge in [-0.3, -0.25) is 4.79 Å². The van der Waals surface area contributed by atoms with Crippen LogP contribution in [0.5, 0.6) is 0 Å². The normalized spacial score (nSPS) is 19.2. The number of aromatic nitrogens is 2. The van der Waals surface area contributed by atoms with Gasteiger partial charge in [-0.1, -0.05) is 30.3 Å². The highest BCUT2D eigenvalue weighted by Gasteiger charge is 2.30. The summed E-state index contributed by atoms with van der Waals surface area (Å²) < 4.78 is 0. The minimum absolute atomic E-state index is 0.0355. The predicted octanol–water partition coefficient (Wildman–Crippen LogP) is 3.37. The number of anilines is 1.